The standard InChI is InChI=1S/C11H12O6S/c1-8(11(12)13)6-7-17-9-4-2-3-5-10(9)18(14,15)16/h2-5H,1,6-7H2,(H,12,13)(H,14,15,16). The van der Waals surface area contributed by atoms with E-state index in [1.165, 1.54) is 24.3 Å². The molecule has 0 unspecified atom stereocenters. The molecular formula is C11H12O6S. The van der Waals surface area contributed by atoms with E-state index in [1.54, 1.807) is 0 Å². The van der Waals surface area contributed by atoms with Crippen molar-refractivity contribution in [3.8, 4) is 5.75 Å². The molecule has 0 aliphatic rings. The summed E-state index contributed by atoms with van der Waals surface area (Å²) in [5.74, 6) is -1.17. The van der Waals surface area contributed by atoms with Gasteiger partial charge in [-0.3, -0.25) is 4.55 Å². The highest BCUT2D eigenvalue weighted by molar-refractivity contribution is 7.86. The van der Waals surface area contributed by atoms with Crippen molar-refractivity contribution >= 4 is 16.1 Å². The molecule has 2 N–H and O–H groups in total. The molecule has 18 heavy (non-hydrogen) atoms. The van der Waals surface area contributed by atoms with E-state index < -0.39 is 16.1 Å². The van der Waals surface area contributed by atoms with Crippen molar-refractivity contribution in [1.29, 1.82) is 0 Å². The molecule has 1 aromatic rings. The lowest BCUT2D eigenvalue weighted by Gasteiger charge is -2.09. The highest BCUT2D eigenvalue weighted by Crippen LogP contribution is 2.23. The molecule has 98 valence electrons. The second-order valence-corrected chi connectivity index (χ2v) is 4.82. The molecule has 6 nitrogen and oxygen atoms in total. The Hall–Kier alpha value is -1.86. The number of ether oxygens (including phenoxy) is 1. The van der Waals surface area contributed by atoms with Crippen LogP contribution >= 0.6 is 0 Å². The third kappa shape index (κ3) is 3.86. The van der Waals surface area contributed by atoms with Crippen molar-refractivity contribution in [1.82, 2.24) is 0 Å². The first-order valence-electron chi connectivity index (χ1n) is 4.93. The van der Waals surface area contributed by atoms with E-state index in [1.807, 2.05) is 0 Å². The minimum atomic E-state index is -4.36. The largest absolute Gasteiger partial charge is 0.492 e. The zero-order chi connectivity index (χ0) is 13.8. The van der Waals surface area contributed by atoms with E-state index >= 15 is 0 Å². The van der Waals surface area contributed by atoms with Crippen LogP contribution in [0.1, 0.15) is 6.42 Å². The highest BCUT2D eigenvalue weighted by Gasteiger charge is 2.15. The summed E-state index contributed by atoms with van der Waals surface area (Å²) in [5.41, 5.74) is -0.0423. The minimum Gasteiger partial charge on any atom is -0.492 e. The van der Waals surface area contributed by atoms with Crippen LogP contribution in [0.4, 0.5) is 0 Å². The summed E-state index contributed by atoms with van der Waals surface area (Å²) in [4.78, 5) is 10.1. The third-order valence-electron chi connectivity index (χ3n) is 2.09. The van der Waals surface area contributed by atoms with Gasteiger partial charge in [-0.25, -0.2) is 4.79 Å². The van der Waals surface area contributed by atoms with Crippen molar-refractivity contribution in [3.05, 3.63) is 36.4 Å². The van der Waals surface area contributed by atoms with Gasteiger partial charge in [-0.15, -0.1) is 0 Å². The summed E-state index contributed by atoms with van der Waals surface area (Å²) in [7, 11) is -4.36. The van der Waals surface area contributed by atoms with Gasteiger partial charge in [-0.1, -0.05) is 18.7 Å². The first kappa shape index (κ1) is 14.2. The van der Waals surface area contributed by atoms with Crippen molar-refractivity contribution in [2.24, 2.45) is 0 Å². The van der Waals surface area contributed by atoms with Crippen molar-refractivity contribution in [3.63, 3.8) is 0 Å². The maximum absolute atomic E-state index is 11.0. The Balaban J connectivity index is 2.75. The number of benzene rings is 1. The van der Waals surface area contributed by atoms with Gasteiger partial charge in [0.05, 0.1) is 6.61 Å². The summed E-state index contributed by atoms with van der Waals surface area (Å²) < 4.78 is 36.1. The van der Waals surface area contributed by atoms with Crippen LogP contribution in [0.2, 0.25) is 0 Å². The fourth-order valence-corrected chi connectivity index (χ4v) is 1.81. The van der Waals surface area contributed by atoms with Crippen LogP contribution in [-0.4, -0.2) is 30.7 Å². The van der Waals surface area contributed by atoms with Gasteiger partial charge >= 0.3 is 5.97 Å². The van der Waals surface area contributed by atoms with E-state index in [0.717, 1.165) is 0 Å². The molecule has 0 saturated heterocycles. The number of hydrogen-bond donors (Lipinski definition) is 2. The molecule has 0 saturated carbocycles. The molecule has 0 atom stereocenters. The summed E-state index contributed by atoms with van der Waals surface area (Å²) in [6.07, 6.45) is 0.0507. The minimum absolute atomic E-state index is 0.0295. The number of para-hydroxylation sites is 1. The van der Waals surface area contributed by atoms with Crippen LogP contribution in [0.15, 0.2) is 41.3 Å². The maximum atomic E-state index is 11.0. The molecule has 0 spiro atoms. The molecule has 0 heterocycles. The lowest BCUT2D eigenvalue weighted by atomic mass is 10.2. The van der Waals surface area contributed by atoms with Crippen molar-refractivity contribution < 1.29 is 27.6 Å². The Morgan fingerprint density at radius 1 is 1.33 bits per heavy atom. The molecule has 0 aliphatic carbocycles. The third-order valence-corrected chi connectivity index (χ3v) is 2.98. The maximum Gasteiger partial charge on any atom is 0.331 e. The molecule has 0 aliphatic heterocycles. The van der Waals surface area contributed by atoms with Gasteiger partial charge < -0.3 is 9.84 Å². The van der Waals surface area contributed by atoms with E-state index in [-0.39, 0.29) is 29.2 Å². The van der Waals surface area contributed by atoms with Crippen molar-refractivity contribution in [2.45, 2.75) is 11.3 Å². The van der Waals surface area contributed by atoms with Crippen LogP contribution in [0, 0.1) is 0 Å². The normalized spacial score (nSPS) is 10.9. The monoisotopic (exact) mass is 272 g/mol. The van der Waals surface area contributed by atoms with Gasteiger partial charge in [0, 0.05) is 12.0 Å². The van der Waals surface area contributed by atoms with Gasteiger partial charge in [-0.2, -0.15) is 8.42 Å². The zero-order valence-electron chi connectivity index (χ0n) is 9.37. The van der Waals surface area contributed by atoms with Gasteiger partial charge in [0.2, 0.25) is 0 Å². The van der Waals surface area contributed by atoms with Crippen LogP contribution in [0.5, 0.6) is 5.75 Å². The predicted molar refractivity (Wildman–Crippen MR) is 63.1 cm³/mol. The molecular weight excluding hydrogens is 260 g/mol. The van der Waals surface area contributed by atoms with Crippen LogP contribution in [-0.2, 0) is 14.9 Å². The van der Waals surface area contributed by atoms with Crippen molar-refractivity contribution in [2.75, 3.05) is 6.61 Å². The number of aliphatic carboxylic acids is 1. The Kier molecular flexibility index (Phi) is 4.46. The van der Waals surface area contributed by atoms with Gasteiger partial charge in [0.25, 0.3) is 10.1 Å². The summed E-state index contributed by atoms with van der Waals surface area (Å²) in [5, 5.41) is 8.57. The molecule has 0 bridgehead atoms. The number of carboxylic acids is 1. The predicted octanol–water partition coefficient (Wildman–Crippen LogP) is 1.34. The Morgan fingerprint density at radius 2 is 1.94 bits per heavy atom. The van der Waals surface area contributed by atoms with Gasteiger partial charge in [0.1, 0.15) is 10.6 Å². The van der Waals surface area contributed by atoms with Gasteiger partial charge in [-0.05, 0) is 12.1 Å². The molecule has 0 amide bonds. The topological polar surface area (TPSA) is 101 Å². The highest BCUT2D eigenvalue weighted by atomic mass is 32.2. The number of carboxylic acid groups (broad SMARTS) is 1. The Morgan fingerprint density at radius 3 is 2.50 bits per heavy atom. The van der Waals surface area contributed by atoms with E-state index in [9.17, 15) is 13.2 Å². The van der Waals surface area contributed by atoms with E-state index in [2.05, 4.69) is 6.58 Å². The fraction of sp³-hybridized carbons (Fsp3) is 0.182. The van der Waals surface area contributed by atoms with E-state index in [4.69, 9.17) is 14.4 Å². The van der Waals surface area contributed by atoms with Gasteiger partial charge in [0.15, 0.2) is 0 Å². The fourth-order valence-electron chi connectivity index (χ4n) is 1.17. The number of carbonyl (C=O) groups is 1. The number of rotatable bonds is 6. The molecule has 7 heteroatoms. The summed E-state index contributed by atoms with van der Waals surface area (Å²) in [6, 6.07) is 5.53. The lowest BCUT2D eigenvalue weighted by molar-refractivity contribution is -0.132. The average Bonchev–Trinajstić information content (AvgIpc) is 2.28. The van der Waals surface area contributed by atoms with Crippen LogP contribution < -0.4 is 4.74 Å². The molecule has 0 aromatic heterocycles. The smallest absolute Gasteiger partial charge is 0.331 e. The average molecular weight is 272 g/mol. The Labute approximate surface area is 104 Å². The van der Waals surface area contributed by atoms with E-state index in [0.29, 0.717) is 0 Å². The second kappa shape index (κ2) is 5.65. The molecule has 1 aromatic carbocycles. The second-order valence-electron chi connectivity index (χ2n) is 3.43. The molecule has 0 fully saturated rings. The van der Waals surface area contributed by atoms with Crippen LogP contribution in [0.3, 0.4) is 0 Å². The zero-order valence-corrected chi connectivity index (χ0v) is 10.2. The van der Waals surface area contributed by atoms with Crippen LogP contribution in [0.25, 0.3) is 0 Å². The molecule has 0 radical (unpaired) electrons. The first-order chi connectivity index (χ1) is 8.32. The lowest BCUT2D eigenvalue weighted by Crippen LogP contribution is -2.07. The Bertz CT molecular complexity index is 561. The number of hydrogen-bond acceptors (Lipinski definition) is 4. The summed E-state index contributed by atoms with van der Waals surface area (Å²) in [6.45, 7) is 3.27. The SMILES string of the molecule is C=C(CCOc1ccccc1S(=O)(=O)O)C(=O)O. The first-order valence-corrected chi connectivity index (χ1v) is 6.37. The molecule has 1 rings (SSSR count). The quantitative estimate of drug-likeness (QED) is 0.598. The summed E-state index contributed by atoms with van der Waals surface area (Å²) >= 11 is 0.